The molecule has 0 saturated heterocycles. The van der Waals surface area contributed by atoms with Crippen LogP contribution in [0.3, 0.4) is 0 Å². The molecule has 1 unspecified atom stereocenters. The molecule has 0 N–H and O–H groups in total. The summed E-state index contributed by atoms with van der Waals surface area (Å²) in [4.78, 5) is 17.3. The van der Waals surface area contributed by atoms with E-state index in [-0.39, 0.29) is 11.7 Å². The molecule has 3 heterocycles. The second-order valence-electron chi connectivity index (χ2n) is 8.06. The molecule has 6 rings (SSSR count). The van der Waals surface area contributed by atoms with Crippen molar-refractivity contribution in [3.05, 3.63) is 105 Å². The van der Waals surface area contributed by atoms with Crippen LogP contribution in [-0.4, -0.2) is 15.7 Å². The summed E-state index contributed by atoms with van der Waals surface area (Å²) in [7, 11) is 0. The highest BCUT2D eigenvalue weighted by Gasteiger charge is 2.24. The number of rotatable bonds is 1. The van der Waals surface area contributed by atoms with E-state index < -0.39 is 0 Å². The molecule has 2 aliphatic heterocycles. The first kappa shape index (κ1) is 17.2. The molecule has 30 heavy (non-hydrogen) atoms. The van der Waals surface area contributed by atoms with Gasteiger partial charge in [0.15, 0.2) is 0 Å². The minimum absolute atomic E-state index is 0.182. The zero-order valence-corrected chi connectivity index (χ0v) is 16.6. The second-order valence-corrected chi connectivity index (χ2v) is 8.06. The Morgan fingerprint density at radius 2 is 1.87 bits per heavy atom. The van der Waals surface area contributed by atoms with Crippen LogP contribution in [0, 0.1) is 0 Å². The van der Waals surface area contributed by atoms with E-state index >= 15 is 0 Å². The molecule has 3 aromatic carbocycles. The fraction of sp³-hybridized carbons (Fsp3) is 0.154. The zero-order chi connectivity index (χ0) is 20.2. The molecular weight excluding hydrogens is 372 g/mol. The van der Waals surface area contributed by atoms with E-state index in [0.717, 1.165) is 40.2 Å². The summed E-state index contributed by atoms with van der Waals surface area (Å²) in [6.07, 6.45) is 3.28. The topological polar surface area (TPSA) is 44.1 Å². The molecule has 4 nitrogen and oxygen atoms in total. The Kier molecular flexibility index (Phi) is 3.69. The Morgan fingerprint density at radius 1 is 1.03 bits per heavy atom. The van der Waals surface area contributed by atoms with Gasteiger partial charge in [0, 0.05) is 12.0 Å². The standard InChI is InChI=1S/C26H20N2O2/c1-16-12-19-13-17(10-11-24(19)30-16)14-22-20-7-3-2-6-18(20)15-28-23-9-5-4-8-21(23)26(29)27-25(22)28/h2-11,13-14,16H,12,15H2,1H3/b22-14+. The quantitative estimate of drug-likeness (QED) is 0.416. The van der Waals surface area contributed by atoms with Gasteiger partial charge in [0.25, 0.3) is 5.56 Å². The van der Waals surface area contributed by atoms with Crippen molar-refractivity contribution in [1.82, 2.24) is 9.55 Å². The second kappa shape index (κ2) is 6.42. The molecule has 2 aliphatic rings. The number of ether oxygens (including phenoxy) is 1. The summed E-state index contributed by atoms with van der Waals surface area (Å²) in [6, 6.07) is 22.4. The highest BCUT2D eigenvalue weighted by Crippen LogP contribution is 2.35. The summed E-state index contributed by atoms with van der Waals surface area (Å²) in [5.74, 6) is 1.69. The molecule has 146 valence electrons. The molecule has 0 saturated carbocycles. The van der Waals surface area contributed by atoms with Crippen LogP contribution in [0.4, 0.5) is 0 Å². The van der Waals surface area contributed by atoms with Gasteiger partial charge in [0.05, 0.1) is 17.4 Å². The molecule has 4 aromatic rings. The lowest BCUT2D eigenvalue weighted by Crippen LogP contribution is -2.23. The van der Waals surface area contributed by atoms with Crippen LogP contribution in [0.15, 0.2) is 71.5 Å². The van der Waals surface area contributed by atoms with Crippen molar-refractivity contribution >= 4 is 22.6 Å². The van der Waals surface area contributed by atoms with Gasteiger partial charge in [-0.25, -0.2) is 0 Å². The van der Waals surface area contributed by atoms with E-state index in [1.54, 1.807) is 0 Å². The van der Waals surface area contributed by atoms with Crippen molar-refractivity contribution in [2.45, 2.75) is 26.0 Å². The Bertz CT molecular complexity index is 1410. The van der Waals surface area contributed by atoms with Crippen molar-refractivity contribution in [3.63, 3.8) is 0 Å². The van der Waals surface area contributed by atoms with E-state index in [1.165, 1.54) is 11.1 Å². The van der Waals surface area contributed by atoms with Crippen LogP contribution in [0.25, 0.3) is 22.6 Å². The molecule has 0 bridgehead atoms. The highest BCUT2D eigenvalue weighted by molar-refractivity contribution is 5.93. The number of nitrogens with zero attached hydrogens (tertiary/aromatic N) is 2. The summed E-state index contributed by atoms with van der Waals surface area (Å²) in [6.45, 7) is 2.79. The maximum atomic E-state index is 12.8. The molecule has 0 fully saturated rings. The first-order valence-corrected chi connectivity index (χ1v) is 10.3. The third-order valence-electron chi connectivity index (χ3n) is 6.00. The maximum Gasteiger partial charge on any atom is 0.281 e. The lowest BCUT2D eigenvalue weighted by molar-refractivity contribution is 0.254. The number of fused-ring (bicyclic) bond motifs is 5. The molecule has 1 aromatic heterocycles. The van der Waals surface area contributed by atoms with E-state index in [2.05, 4.69) is 52.9 Å². The minimum atomic E-state index is -0.182. The smallest absolute Gasteiger partial charge is 0.281 e. The van der Waals surface area contributed by atoms with Crippen molar-refractivity contribution in [2.24, 2.45) is 0 Å². The monoisotopic (exact) mass is 392 g/mol. The Labute approximate surface area is 174 Å². The van der Waals surface area contributed by atoms with Crippen LogP contribution in [-0.2, 0) is 13.0 Å². The predicted octanol–water partition coefficient (Wildman–Crippen LogP) is 4.67. The third-order valence-corrected chi connectivity index (χ3v) is 6.00. The third kappa shape index (κ3) is 2.61. The number of aromatic nitrogens is 2. The summed E-state index contributed by atoms with van der Waals surface area (Å²) in [5.41, 5.74) is 6.39. The average Bonchev–Trinajstić information content (AvgIpc) is 3.14. The van der Waals surface area contributed by atoms with Gasteiger partial charge in [-0.1, -0.05) is 42.5 Å². The van der Waals surface area contributed by atoms with Gasteiger partial charge < -0.3 is 9.30 Å². The predicted molar refractivity (Wildman–Crippen MR) is 119 cm³/mol. The van der Waals surface area contributed by atoms with E-state index in [1.807, 2.05) is 36.4 Å². The maximum absolute atomic E-state index is 12.8. The van der Waals surface area contributed by atoms with Gasteiger partial charge >= 0.3 is 0 Å². The van der Waals surface area contributed by atoms with Crippen molar-refractivity contribution in [2.75, 3.05) is 0 Å². The Morgan fingerprint density at radius 3 is 2.80 bits per heavy atom. The molecule has 1 atom stereocenters. The summed E-state index contributed by atoms with van der Waals surface area (Å²) < 4.78 is 8.01. The van der Waals surface area contributed by atoms with Gasteiger partial charge in [-0.15, -0.1) is 0 Å². The van der Waals surface area contributed by atoms with Crippen LogP contribution in [0.5, 0.6) is 5.75 Å². The highest BCUT2D eigenvalue weighted by atomic mass is 16.5. The first-order valence-electron chi connectivity index (χ1n) is 10.3. The fourth-order valence-corrected chi connectivity index (χ4v) is 4.64. The number of hydrogen-bond acceptors (Lipinski definition) is 3. The van der Waals surface area contributed by atoms with Gasteiger partial charge in [0.2, 0.25) is 0 Å². The molecule has 0 aliphatic carbocycles. The SMILES string of the molecule is CC1Cc2cc(/C=C3\c4ccccc4Cn4c3nc(=O)c3ccccc34)ccc2O1. The van der Waals surface area contributed by atoms with Crippen LogP contribution < -0.4 is 10.3 Å². The number of para-hydroxylation sites is 1. The first-order chi connectivity index (χ1) is 14.7. The van der Waals surface area contributed by atoms with Crippen molar-refractivity contribution in [1.29, 1.82) is 0 Å². The van der Waals surface area contributed by atoms with Crippen molar-refractivity contribution in [3.8, 4) is 5.75 Å². The van der Waals surface area contributed by atoms with Crippen LogP contribution in [0.2, 0.25) is 0 Å². The fourth-order valence-electron chi connectivity index (χ4n) is 4.64. The average molecular weight is 392 g/mol. The number of hydrogen-bond donors (Lipinski definition) is 0. The van der Waals surface area contributed by atoms with Crippen LogP contribution in [0.1, 0.15) is 35.0 Å². The normalized spacial score (nSPS) is 18.0. The van der Waals surface area contributed by atoms with Gasteiger partial charge in [-0.05, 0) is 59.5 Å². The Hall–Kier alpha value is -3.66. The van der Waals surface area contributed by atoms with E-state index in [9.17, 15) is 4.79 Å². The van der Waals surface area contributed by atoms with Gasteiger partial charge in [-0.2, -0.15) is 4.98 Å². The number of benzene rings is 3. The Balaban J connectivity index is 1.61. The van der Waals surface area contributed by atoms with E-state index in [0.29, 0.717) is 11.9 Å². The molecule has 0 spiro atoms. The van der Waals surface area contributed by atoms with Gasteiger partial charge in [-0.3, -0.25) is 4.79 Å². The van der Waals surface area contributed by atoms with Crippen LogP contribution >= 0.6 is 0 Å². The van der Waals surface area contributed by atoms with Gasteiger partial charge in [0.1, 0.15) is 17.7 Å². The molecule has 0 amide bonds. The largest absolute Gasteiger partial charge is 0.490 e. The molecular formula is C26H20N2O2. The summed E-state index contributed by atoms with van der Waals surface area (Å²) in [5, 5.41) is 0.656. The zero-order valence-electron chi connectivity index (χ0n) is 16.6. The lowest BCUT2D eigenvalue weighted by Gasteiger charge is -2.25. The minimum Gasteiger partial charge on any atom is -0.490 e. The molecule has 0 radical (unpaired) electrons. The van der Waals surface area contributed by atoms with E-state index in [4.69, 9.17) is 4.74 Å². The summed E-state index contributed by atoms with van der Waals surface area (Å²) >= 11 is 0. The van der Waals surface area contributed by atoms with Crippen molar-refractivity contribution < 1.29 is 4.74 Å². The lowest BCUT2D eigenvalue weighted by atomic mass is 9.93. The molecule has 4 heteroatoms.